The molecule has 5 nitrogen and oxygen atoms in total. The van der Waals surface area contributed by atoms with Crippen LogP contribution in [0.1, 0.15) is 22.3 Å². The van der Waals surface area contributed by atoms with Gasteiger partial charge in [-0.05, 0) is 56.7 Å². The number of sulfonamides is 1. The maximum atomic E-state index is 13.5. The van der Waals surface area contributed by atoms with Crippen molar-refractivity contribution >= 4 is 27.3 Å². The molecule has 9 heteroatoms. The quantitative estimate of drug-likeness (QED) is 0.514. The molecule has 0 aliphatic heterocycles. The highest BCUT2D eigenvalue weighted by atomic mass is 32.2. The number of amides is 1. The van der Waals surface area contributed by atoms with E-state index in [0.717, 1.165) is 27.6 Å². The Bertz CT molecular complexity index is 1270. The van der Waals surface area contributed by atoms with Gasteiger partial charge in [0.1, 0.15) is 6.54 Å². The molecule has 0 bridgehead atoms. The van der Waals surface area contributed by atoms with E-state index in [9.17, 15) is 26.4 Å². The van der Waals surface area contributed by atoms with E-state index in [1.165, 1.54) is 24.3 Å². The van der Waals surface area contributed by atoms with Crippen LogP contribution in [0.5, 0.6) is 0 Å². The van der Waals surface area contributed by atoms with Crippen molar-refractivity contribution in [3.63, 3.8) is 0 Å². The Hall–Kier alpha value is -3.33. The van der Waals surface area contributed by atoms with Gasteiger partial charge in [0.15, 0.2) is 0 Å². The van der Waals surface area contributed by atoms with E-state index < -0.39 is 39.9 Å². The third-order valence-corrected chi connectivity index (χ3v) is 6.80. The zero-order valence-corrected chi connectivity index (χ0v) is 19.1. The van der Waals surface area contributed by atoms with Crippen LogP contribution in [0.25, 0.3) is 0 Å². The van der Waals surface area contributed by atoms with Crippen LogP contribution in [-0.2, 0) is 21.0 Å². The molecule has 0 aliphatic carbocycles. The molecule has 3 aromatic rings. The van der Waals surface area contributed by atoms with Crippen LogP contribution < -0.4 is 9.62 Å². The number of carbonyl (C=O) groups is 1. The summed E-state index contributed by atoms with van der Waals surface area (Å²) in [5.74, 6) is -0.901. The number of carbonyl (C=O) groups excluding carboxylic acids is 1. The van der Waals surface area contributed by atoms with E-state index in [4.69, 9.17) is 0 Å². The SMILES string of the molecule is Cc1ccc(S(=O)(=O)N(CC(=O)Nc2ccccc2C(F)(F)F)c2ccc(C)cc2C)cc1. The highest BCUT2D eigenvalue weighted by molar-refractivity contribution is 7.92. The number of hydrogen-bond donors (Lipinski definition) is 1. The molecule has 0 aliphatic rings. The van der Waals surface area contributed by atoms with E-state index >= 15 is 0 Å². The lowest BCUT2D eigenvalue weighted by Crippen LogP contribution is -2.38. The summed E-state index contributed by atoms with van der Waals surface area (Å²) in [6.45, 7) is 4.66. The summed E-state index contributed by atoms with van der Waals surface area (Å²) in [4.78, 5) is 12.8. The van der Waals surface area contributed by atoms with Crippen LogP contribution in [0.4, 0.5) is 24.5 Å². The van der Waals surface area contributed by atoms with Crippen LogP contribution in [0.3, 0.4) is 0 Å². The summed E-state index contributed by atoms with van der Waals surface area (Å²) >= 11 is 0. The van der Waals surface area contributed by atoms with E-state index in [1.807, 2.05) is 13.8 Å². The monoisotopic (exact) mass is 476 g/mol. The number of halogens is 3. The number of alkyl halides is 3. The lowest BCUT2D eigenvalue weighted by atomic mass is 10.1. The number of nitrogens with zero attached hydrogens (tertiary/aromatic N) is 1. The van der Waals surface area contributed by atoms with Crippen molar-refractivity contribution in [1.29, 1.82) is 0 Å². The van der Waals surface area contributed by atoms with Crippen LogP contribution in [-0.4, -0.2) is 20.9 Å². The second-order valence-electron chi connectivity index (χ2n) is 7.71. The van der Waals surface area contributed by atoms with Crippen molar-refractivity contribution in [2.45, 2.75) is 31.8 Å². The van der Waals surface area contributed by atoms with Gasteiger partial charge in [-0.2, -0.15) is 13.2 Å². The Labute approximate surface area is 190 Å². The van der Waals surface area contributed by atoms with Crippen molar-refractivity contribution in [3.8, 4) is 0 Å². The second-order valence-corrected chi connectivity index (χ2v) is 9.57. The van der Waals surface area contributed by atoms with Crippen molar-refractivity contribution in [2.24, 2.45) is 0 Å². The number of rotatable bonds is 6. The number of hydrogen-bond acceptors (Lipinski definition) is 3. The zero-order valence-electron chi connectivity index (χ0n) is 18.3. The van der Waals surface area contributed by atoms with Crippen molar-refractivity contribution in [1.82, 2.24) is 0 Å². The largest absolute Gasteiger partial charge is 0.418 e. The summed E-state index contributed by atoms with van der Waals surface area (Å²) in [5.41, 5.74) is 1.16. The van der Waals surface area contributed by atoms with Gasteiger partial charge in [-0.3, -0.25) is 9.10 Å². The first-order valence-corrected chi connectivity index (χ1v) is 11.5. The lowest BCUT2D eigenvalue weighted by Gasteiger charge is -2.26. The standard InChI is InChI=1S/C24H23F3N2O3S/c1-16-8-11-19(12-9-16)33(31,32)29(22-13-10-17(2)14-18(22)3)15-23(30)28-21-7-5-4-6-20(21)24(25,26)27/h4-14H,15H2,1-3H3,(H,28,30). The summed E-state index contributed by atoms with van der Waals surface area (Å²) in [6, 6.07) is 15.7. The van der Waals surface area contributed by atoms with Crippen LogP contribution >= 0.6 is 0 Å². The van der Waals surface area contributed by atoms with Crippen LogP contribution in [0.15, 0.2) is 71.6 Å². The van der Waals surface area contributed by atoms with Crippen molar-refractivity contribution in [3.05, 3.63) is 89.0 Å². The Kier molecular flexibility index (Phi) is 6.83. The van der Waals surface area contributed by atoms with Gasteiger partial charge in [0.2, 0.25) is 5.91 Å². The van der Waals surface area contributed by atoms with Crippen LogP contribution in [0.2, 0.25) is 0 Å². The third-order valence-electron chi connectivity index (χ3n) is 5.02. The minimum Gasteiger partial charge on any atom is -0.324 e. The molecule has 0 saturated carbocycles. The minimum atomic E-state index is -4.68. The Morgan fingerprint density at radius 2 is 1.52 bits per heavy atom. The topological polar surface area (TPSA) is 66.5 Å². The molecule has 174 valence electrons. The van der Waals surface area contributed by atoms with Crippen molar-refractivity contribution < 1.29 is 26.4 Å². The fourth-order valence-electron chi connectivity index (χ4n) is 3.38. The first-order chi connectivity index (χ1) is 15.4. The predicted octanol–water partition coefficient (Wildman–Crippen LogP) is 5.46. The third kappa shape index (κ3) is 5.54. The molecule has 1 N–H and O–H groups in total. The summed E-state index contributed by atoms with van der Waals surface area (Å²) < 4.78 is 67.7. The molecule has 0 heterocycles. The van der Waals surface area contributed by atoms with Gasteiger partial charge in [0, 0.05) is 0 Å². The molecular weight excluding hydrogens is 453 g/mol. The summed E-state index contributed by atoms with van der Waals surface area (Å²) in [6.07, 6.45) is -4.68. The van der Waals surface area contributed by atoms with E-state index in [-0.39, 0.29) is 10.6 Å². The smallest absolute Gasteiger partial charge is 0.324 e. The first kappa shape index (κ1) is 24.3. The normalized spacial score (nSPS) is 11.8. The average molecular weight is 477 g/mol. The molecule has 0 spiro atoms. The maximum absolute atomic E-state index is 13.5. The molecule has 1 amide bonds. The molecule has 3 aromatic carbocycles. The molecule has 0 atom stereocenters. The number of para-hydroxylation sites is 1. The van der Waals surface area contributed by atoms with Gasteiger partial charge < -0.3 is 5.32 Å². The Morgan fingerprint density at radius 3 is 2.12 bits per heavy atom. The van der Waals surface area contributed by atoms with Crippen LogP contribution in [0, 0.1) is 20.8 Å². The van der Waals surface area contributed by atoms with Crippen molar-refractivity contribution in [2.75, 3.05) is 16.2 Å². The lowest BCUT2D eigenvalue weighted by molar-refractivity contribution is -0.137. The van der Waals surface area contributed by atoms with Gasteiger partial charge in [-0.15, -0.1) is 0 Å². The molecule has 0 saturated heterocycles. The molecule has 33 heavy (non-hydrogen) atoms. The molecule has 0 fully saturated rings. The second kappa shape index (κ2) is 9.27. The predicted molar refractivity (Wildman–Crippen MR) is 122 cm³/mol. The fraction of sp³-hybridized carbons (Fsp3) is 0.208. The first-order valence-electron chi connectivity index (χ1n) is 10.0. The highest BCUT2D eigenvalue weighted by Crippen LogP contribution is 2.35. The average Bonchev–Trinajstić information content (AvgIpc) is 2.72. The summed E-state index contributed by atoms with van der Waals surface area (Å²) in [5, 5.41) is 2.22. The molecule has 0 radical (unpaired) electrons. The highest BCUT2D eigenvalue weighted by Gasteiger charge is 2.34. The number of benzene rings is 3. The van der Waals surface area contributed by atoms with Gasteiger partial charge >= 0.3 is 6.18 Å². The molecule has 3 rings (SSSR count). The van der Waals surface area contributed by atoms with E-state index in [0.29, 0.717) is 5.56 Å². The zero-order chi connectivity index (χ0) is 24.4. The van der Waals surface area contributed by atoms with Gasteiger partial charge in [-0.25, -0.2) is 8.42 Å². The molecule has 0 unspecified atom stereocenters. The minimum absolute atomic E-state index is 0.0310. The molecular formula is C24H23F3N2O3S. The molecule has 0 aromatic heterocycles. The maximum Gasteiger partial charge on any atom is 0.418 e. The fourth-order valence-corrected chi connectivity index (χ4v) is 4.87. The Morgan fingerprint density at radius 1 is 0.909 bits per heavy atom. The van der Waals surface area contributed by atoms with E-state index in [1.54, 1.807) is 37.3 Å². The van der Waals surface area contributed by atoms with E-state index in [2.05, 4.69) is 5.32 Å². The number of aryl methyl sites for hydroxylation is 3. The summed E-state index contributed by atoms with van der Waals surface area (Å²) in [7, 11) is -4.18. The van der Waals surface area contributed by atoms with Gasteiger partial charge in [0.25, 0.3) is 10.0 Å². The number of anilines is 2. The number of nitrogens with one attached hydrogen (secondary N) is 1. The van der Waals surface area contributed by atoms with Gasteiger partial charge in [0.05, 0.1) is 21.8 Å². The Balaban J connectivity index is 2.01. The van der Waals surface area contributed by atoms with Gasteiger partial charge in [-0.1, -0.05) is 47.5 Å².